The number of hydrogen-bond acceptors (Lipinski definition) is 2. The number of fused-ring (bicyclic) bond motifs is 1. The Kier molecular flexibility index (Phi) is 2.70. The number of benzene rings is 1. The average Bonchev–Trinajstić information content (AvgIpc) is 2.85. The second-order valence-corrected chi connectivity index (χ2v) is 5.33. The van der Waals surface area contributed by atoms with Gasteiger partial charge in [0.15, 0.2) is 0 Å². The van der Waals surface area contributed by atoms with Gasteiger partial charge in [0.1, 0.15) is 0 Å². The summed E-state index contributed by atoms with van der Waals surface area (Å²) in [7, 11) is 0. The summed E-state index contributed by atoms with van der Waals surface area (Å²) in [5, 5.41) is 3.49. The molecule has 0 saturated carbocycles. The van der Waals surface area contributed by atoms with Crippen LogP contribution < -0.4 is 5.32 Å². The topological polar surface area (TPSA) is 15.3 Å². The van der Waals surface area contributed by atoms with Gasteiger partial charge in [0.2, 0.25) is 0 Å². The molecule has 2 heterocycles. The van der Waals surface area contributed by atoms with Gasteiger partial charge in [-0.25, -0.2) is 0 Å². The van der Waals surface area contributed by atoms with Crippen LogP contribution in [0.3, 0.4) is 0 Å². The number of nitrogens with zero attached hydrogens (tertiary/aromatic N) is 1. The summed E-state index contributed by atoms with van der Waals surface area (Å²) in [4.78, 5) is 2.60. The van der Waals surface area contributed by atoms with Crippen LogP contribution in [0.15, 0.2) is 24.3 Å². The molecule has 1 aromatic rings. The summed E-state index contributed by atoms with van der Waals surface area (Å²) >= 11 is 0. The molecule has 1 aromatic carbocycles. The van der Waals surface area contributed by atoms with Crippen LogP contribution in [-0.2, 0) is 13.1 Å². The quantitative estimate of drug-likeness (QED) is 0.811. The lowest BCUT2D eigenvalue weighted by Gasteiger charge is -2.22. The summed E-state index contributed by atoms with van der Waals surface area (Å²) in [5.41, 5.74) is 3.06. The van der Waals surface area contributed by atoms with E-state index < -0.39 is 0 Å². The molecule has 0 spiro atoms. The van der Waals surface area contributed by atoms with Crippen molar-refractivity contribution in [3.63, 3.8) is 0 Å². The van der Waals surface area contributed by atoms with Gasteiger partial charge in [0.05, 0.1) is 0 Å². The molecular formula is C14H20N2. The molecule has 1 saturated heterocycles. The molecular weight excluding hydrogens is 196 g/mol. The minimum atomic E-state index is 0.837. The summed E-state index contributed by atoms with van der Waals surface area (Å²) in [5.74, 6) is 1.68. The first-order valence-electron chi connectivity index (χ1n) is 6.33. The monoisotopic (exact) mass is 216 g/mol. The first-order valence-corrected chi connectivity index (χ1v) is 6.33. The molecule has 0 aliphatic carbocycles. The highest BCUT2D eigenvalue weighted by atomic mass is 15.1. The Bertz CT molecular complexity index is 350. The van der Waals surface area contributed by atoms with Gasteiger partial charge in [0, 0.05) is 19.6 Å². The lowest BCUT2D eigenvalue weighted by molar-refractivity contribution is 0.222. The molecule has 2 nitrogen and oxygen atoms in total. The lowest BCUT2D eigenvalue weighted by atomic mass is 9.98. The van der Waals surface area contributed by atoms with Crippen LogP contribution in [0.5, 0.6) is 0 Å². The Labute approximate surface area is 97.6 Å². The van der Waals surface area contributed by atoms with E-state index in [2.05, 4.69) is 41.4 Å². The maximum Gasteiger partial charge on any atom is 0.0240 e. The molecule has 0 bridgehead atoms. The van der Waals surface area contributed by atoms with Crippen molar-refractivity contribution < 1.29 is 0 Å². The molecule has 0 aromatic heterocycles. The van der Waals surface area contributed by atoms with Crippen LogP contribution >= 0.6 is 0 Å². The maximum absolute atomic E-state index is 3.49. The molecule has 2 aliphatic rings. The van der Waals surface area contributed by atoms with Gasteiger partial charge in [-0.1, -0.05) is 31.2 Å². The standard InChI is InChI=1S/C14H20N2/c1-11-6-15-7-14(11)10-16-8-12-4-2-3-5-13(12)9-16/h2-5,11,14-15H,6-10H2,1H3/t11-,14+/m1/s1. The zero-order valence-corrected chi connectivity index (χ0v) is 9.95. The second kappa shape index (κ2) is 4.19. The lowest BCUT2D eigenvalue weighted by Crippen LogP contribution is -2.28. The zero-order valence-electron chi connectivity index (χ0n) is 9.95. The highest BCUT2D eigenvalue weighted by Crippen LogP contribution is 2.25. The minimum Gasteiger partial charge on any atom is -0.316 e. The van der Waals surface area contributed by atoms with Crippen LogP contribution in [-0.4, -0.2) is 24.5 Å². The van der Waals surface area contributed by atoms with Crippen molar-refractivity contribution in [2.75, 3.05) is 19.6 Å². The third kappa shape index (κ3) is 1.87. The van der Waals surface area contributed by atoms with E-state index >= 15 is 0 Å². The van der Waals surface area contributed by atoms with Crippen LogP contribution in [0.2, 0.25) is 0 Å². The maximum atomic E-state index is 3.49. The van der Waals surface area contributed by atoms with E-state index in [1.54, 1.807) is 0 Å². The van der Waals surface area contributed by atoms with Crippen molar-refractivity contribution in [3.05, 3.63) is 35.4 Å². The predicted molar refractivity (Wildman–Crippen MR) is 66.1 cm³/mol. The van der Waals surface area contributed by atoms with E-state index in [1.165, 1.54) is 30.8 Å². The Hall–Kier alpha value is -0.860. The van der Waals surface area contributed by atoms with Gasteiger partial charge in [0.25, 0.3) is 0 Å². The molecule has 0 radical (unpaired) electrons. The molecule has 2 atom stereocenters. The van der Waals surface area contributed by atoms with Crippen LogP contribution in [0.25, 0.3) is 0 Å². The van der Waals surface area contributed by atoms with Gasteiger partial charge >= 0.3 is 0 Å². The van der Waals surface area contributed by atoms with Crippen LogP contribution in [0, 0.1) is 11.8 Å². The Morgan fingerprint density at radius 3 is 2.44 bits per heavy atom. The minimum absolute atomic E-state index is 0.837. The Balaban J connectivity index is 1.63. The van der Waals surface area contributed by atoms with Gasteiger partial charge < -0.3 is 5.32 Å². The van der Waals surface area contributed by atoms with Crippen molar-refractivity contribution in [3.8, 4) is 0 Å². The summed E-state index contributed by atoms with van der Waals surface area (Å²) in [6.45, 7) is 8.33. The molecule has 2 aliphatic heterocycles. The fourth-order valence-corrected chi connectivity index (χ4v) is 2.97. The molecule has 0 unspecified atom stereocenters. The fourth-order valence-electron chi connectivity index (χ4n) is 2.97. The molecule has 2 heteroatoms. The highest BCUT2D eigenvalue weighted by molar-refractivity contribution is 5.30. The molecule has 1 fully saturated rings. The molecule has 3 rings (SSSR count). The highest BCUT2D eigenvalue weighted by Gasteiger charge is 2.27. The van der Waals surface area contributed by atoms with Crippen molar-refractivity contribution in [1.82, 2.24) is 10.2 Å². The normalized spacial score (nSPS) is 29.6. The third-order valence-electron chi connectivity index (χ3n) is 4.08. The number of nitrogens with one attached hydrogen (secondary N) is 1. The van der Waals surface area contributed by atoms with E-state index in [1.807, 2.05) is 0 Å². The SMILES string of the molecule is C[C@@H]1CNC[C@H]1CN1Cc2ccccc2C1. The van der Waals surface area contributed by atoms with Gasteiger partial charge in [-0.2, -0.15) is 0 Å². The van der Waals surface area contributed by atoms with Gasteiger partial charge in [-0.3, -0.25) is 4.90 Å². The molecule has 86 valence electrons. The summed E-state index contributed by atoms with van der Waals surface area (Å²) < 4.78 is 0. The molecule has 1 N–H and O–H groups in total. The summed E-state index contributed by atoms with van der Waals surface area (Å²) in [6.07, 6.45) is 0. The molecule has 0 amide bonds. The largest absolute Gasteiger partial charge is 0.316 e. The summed E-state index contributed by atoms with van der Waals surface area (Å²) in [6, 6.07) is 8.85. The smallest absolute Gasteiger partial charge is 0.0240 e. The average molecular weight is 216 g/mol. The number of rotatable bonds is 2. The van der Waals surface area contributed by atoms with E-state index in [0.717, 1.165) is 24.9 Å². The Morgan fingerprint density at radius 2 is 1.88 bits per heavy atom. The van der Waals surface area contributed by atoms with Gasteiger partial charge in [-0.15, -0.1) is 0 Å². The van der Waals surface area contributed by atoms with Gasteiger partial charge in [-0.05, 0) is 36.1 Å². The van der Waals surface area contributed by atoms with E-state index in [9.17, 15) is 0 Å². The third-order valence-corrected chi connectivity index (χ3v) is 4.08. The fraction of sp³-hybridized carbons (Fsp3) is 0.571. The van der Waals surface area contributed by atoms with Crippen molar-refractivity contribution in [1.29, 1.82) is 0 Å². The first-order chi connectivity index (χ1) is 7.83. The van der Waals surface area contributed by atoms with E-state index in [-0.39, 0.29) is 0 Å². The second-order valence-electron chi connectivity index (χ2n) is 5.33. The zero-order chi connectivity index (χ0) is 11.0. The number of hydrogen-bond donors (Lipinski definition) is 1. The van der Waals surface area contributed by atoms with E-state index in [4.69, 9.17) is 0 Å². The van der Waals surface area contributed by atoms with Crippen molar-refractivity contribution in [2.45, 2.75) is 20.0 Å². The first kappa shape index (κ1) is 10.3. The van der Waals surface area contributed by atoms with Crippen LogP contribution in [0.4, 0.5) is 0 Å². The predicted octanol–water partition coefficient (Wildman–Crippen LogP) is 1.86. The Morgan fingerprint density at radius 1 is 1.19 bits per heavy atom. The molecule has 16 heavy (non-hydrogen) atoms. The van der Waals surface area contributed by atoms with Crippen molar-refractivity contribution in [2.24, 2.45) is 11.8 Å². The van der Waals surface area contributed by atoms with Crippen LogP contribution in [0.1, 0.15) is 18.1 Å². The van der Waals surface area contributed by atoms with Crippen molar-refractivity contribution >= 4 is 0 Å². The van der Waals surface area contributed by atoms with E-state index in [0.29, 0.717) is 0 Å².